The lowest BCUT2D eigenvalue weighted by atomic mass is 10.1. The number of aromatic nitrogens is 3. The van der Waals surface area contributed by atoms with Crippen molar-refractivity contribution in [3.63, 3.8) is 0 Å². The SMILES string of the molecule is Cc1ccc(COc2cccc(-c3ccc(Cc4nc5c(F)cc(C(=O)O)cc5n4C[C@@H](O)CCO)cc3F)n2)c(F)c1. The van der Waals surface area contributed by atoms with Crippen LogP contribution in [0.3, 0.4) is 0 Å². The third-order valence-electron chi connectivity index (χ3n) is 6.97. The number of hydrogen-bond donors (Lipinski definition) is 3. The van der Waals surface area contributed by atoms with Gasteiger partial charge < -0.3 is 24.6 Å². The summed E-state index contributed by atoms with van der Waals surface area (Å²) >= 11 is 0. The second-order valence-electron chi connectivity index (χ2n) is 10.2. The second-order valence-corrected chi connectivity index (χ2v) is 10.2. The van der Waals surface area contributed by atoms with Crippen molar-refractivity contribution in [2.75, 3.05) is 6.61 Å². The van der Waals surface area contributed by atoms with Crippen molar-refractivity contribution in [1.29, 1.82) is 0 Å². The van der Waals surface area contributed by atoms with Crippen LogP contribution in [-0.4, -0.2) is 48.5 Å². The van der Waals surface area contributed by atoms with E-state index in [2.05, 4.69) is 9.97 Å². The van der Waals surface area contributed by atoms with Crippen LogP contribution >= 0.6 is 0 Å². The number of benzene rings is 3. The van der Waals surface area contributed by atoms with Crippen molar-refractivity contribution in [2.24, 2.45) is 0 Å². The molecular formula is C32H28F3N3O5. The van der Waals surface area contributed by atoms with Gasteiger partial charge in [-0.25, -0.2) is 27.9 Å². The lowest BCUT2D eigenvalue weighted by Crippen LogP contribution is -2.19. The van der Waals surface area contributed by atoms with E-state index in [0.29, 0.717) is 16.8 Å². The third-order valence-corrected chi connectivity index (χ3v) is 6.97. The van der Waals surface area contributed by atoms with Crippen LogP contribution < -0.4 is 4.74 Å². The molecule has 1 atom stereocenters. The van der Waals surface area contributed by atoms with E-state index in [-0.39, 0.29) is 72.3 Å². The summed E-state index contributed by atoms with van der Waals surface area (Å²) < 4.78 is 51.5. The molecular weight excluding hydrogens is 563 g/mol. The van der Waals surface area contributed by atoms with Crippen LogP contribution in [0.4, 0.5) is 13.2 Å². The van der Waals surface area contributed by atoms with Crippen LogP contribution in [0, 0.1) is 24.4 Å². The fourth-order valence-electron chi connectivity index (χ4n) is 4.77. The number of aromatic carboxylic acids is 1. The smallest absolute Gasteiger partial charge is 0.335 e. The average molecular weight is 592 g/mol. The molecule has 0 radical (unpaired) electrons. The number of fused-ring (bicyclic) bond motifs is 1. The Balaban J connectivity index is 1.41. The Kier molecular flexibility index (Phi) is 8.74. The molecule has 2 aromatic heterocycles. The summed E-state index contributed by atoms with van der Waals surface area (Å²) in [6.45, 7) is 1.37. The molecule has 0 bridgehead atoms. The highest BCUT2D eigenvalue weighted by Gasteiger charge is 2.20. The standard InChI is InChI=1S/C32H28F3N3O5/c1-18-5-7-20(24(33)11-18)17-43-30-4-2-3-27(36-30)23-8-6-19(12-25(23)34)13-29-37-31-26(35)14-21(32(41)42)15-28(31)38(29)16-22(40)9-10-39/h2-8,11-12,14-15,22,39-40H,9-10,13,16-17H2,1H3,(H,41,42)/t22-/m0/s1. The quantitative estimate of drug-likeness (QED) is 0.187. The van der Waals surface area contributed by atoms with E-state index in [9.17, 15) is 28.9 Å². The highest BCUT2D eigenvalue weighted by atomic mass is 19.1. The number of carboxylic acids is 1. The second kappa shape index (κ2) is 12.6. The molecule has 5 aromatic rings. The molecule has 0 unspecified atom stereocenters. The molecule has 3 N–H and O–H groups in total. The summed E-state index contributed by atoms with van der Waals surface area (Å²) in [7, 11) is 0. The Bertz CT molecular complexity index is 1810. The minimum absolute atomic E-state index is 0.0399. The fourth-order valence-corrected chi connectivity index (χ4v) is 4.77. The molecule has 5 rings (SSSR count). The van der Waals surface area contributed by atoms with Gasteiger partial charge in [0.2, 0.25) is 5.88 Å². The molecule has 2 heterocycles. The molecule has 0 fully saturated rings. The molecule has 0 aliphatic heterocycles. The number of aryl methyl sites for hydroxylation is 1. The predicted molar refractivity (Wildman–Crippen MR) is 152 cm³/mol. The number of carboxylic acid groups (broad SMARTS) is 1. The van der Waals surface area contributed by atoms with E-state index >= 15 is 4.39 Å². The molecule has 0 saturated carbocycles. The molecule has 0 aliphatic rings. The third kappa shape index (κ3) is 6.68. The van der Waals surface area contributed by atoms with Crippen LogP contribution in [-0.2, 0) is 19.6 Å². The zero-order chi connectivity index (χ0) is 30.7. The van der Waals surface area contributed by atoms with E-state index in [1.165, 1.54) is 28.8 Å². The number of carbonyl (C=O) groups is 1. The minimum Gasteiger partial charge on any atom is -0.478 e. The topological polar surface area (TPSA) is 118 Å². The van der Waals surface area contributed by atoms with Crippen molar-refractivity contribution in [2.45, 2.75) is 39.0 Å². The summed E-state index contributed by atoms with van der Waals surface area (Å²) in [5.41, 5.74) is 1.92. The predicted octanol–water partition coefficient (Wildman–Crippen LogP) is 5.44. The van der Waals surface area contributed by atoms with Crippen LogP contribution in [0.5, 0.6) is 5.88 Å². The van der Waals surface area contributed by atoms with E-state index < -0.39 is 23.7 Å². The number of pyridine rings is 1. The van der Waals surface area contributed by atoms with Gasteiger partial charge in [-0.2, -0.15) is 0 Å². The number of hydrogen-bond acceptors (Lipinski definition) is 6. The van der Waals surface area contributed by atoms with Gasteiger partial charge in [0.25, 0.3) is 0 Å². The summed E-state index contributed by atoms with van der Waals surface area (Å²) in [4.78, 5) is 20.2. The van der Waals surface area contributed by atoms with Crippen molar-refractivity contribution in [3.05, 3.63) is 112 Å². The number of aliphatic hydroxyl groups excluding tert-OH is 2. The Morgan fingerprint density at radius 3 is 2.51 bits per heavy atom. The molecule has 43 heavy (non-hydrogen) atoms. The molecule has 0 amide bonds. The van der Waals surface area contributed by atoms with Gasteiger partial charge in [-0.15, -0.1) is 0 Å². The van der Waals surface area contributed by atoms with Gasteiger partial charge in [0.15, 0.2) is 5.82 Å². The average Bonchev–Trinajstić information content (AvgIpc) is 3.30. The number of imidazole rings is 1. The van der Waals surface area contributed by atoms with E-state index in [0.717, 1.165) is 11.6 Å². The van der Waals surface area contributed by atoms with E-state index in [1.54, 1.807) is 43.3 Å². The van der Waals surface area contributed by atoms with Gasteiger partial charge >= 0.3 is 5.97 Å². The molecule has 0 aliphatic carbocycles. The van der Waals surface area contributed by atoms with Crippen LogP contribution in [0.15, 0.2) is 66.7 Å². The molecule has 3 aromatic carbocycles. The number of aliphatic hydroxyl groups is 2. The number of ether oxygens (including phenoxy) is 1. The Hall–Kier alpha value is -4.74. The molecule has 0 saturated heterocycles. The number of halogens is 3. The summed E-state index contributed by atoms with van der Waals surface area (Å²) in [6, 6.07) is 16.3. The summed E-state index contributed by atoms with van der Waals surface area (Å²) in [5.74, 6) is -2.68. The van der Waals surface area contributed by atoms with Crippen molar-refractivity contribution >= 4 is 17.0 Å². The van der Waals surface area contributed by atoms with Gasteiger partial charge in [0, 0.05) is 30.2 Å². The summed E-state index contributed by atoms with van der Waals surface area (Å²) in [5, 5.41) is 29.0. The number of nitrogens with zero attached hydrogens (tertiary/aromatic N) is 3. The van der Waals surface area contributed by atoms with Crippen LogP contribution in [0.2, 0.25) is 0 Å². The molecule has 222 valence electrons. The van der Waals surface area contributed by atoms with Crippen molar-refractivity contribution < 1.29 is 38.0 Å². The Morgan fingerprint density at radius 1 is 0.977 bits per heavy atom. The lowest BCUT2D eigenvalue weighted by Gasteiger charge is -2.14. The zero-order valence-electron chi connectivity index (χ0n) is 23.1. The van der Waals surface area contributed by atoms with Gasteiger partial charge in [-0.05, 0) is 60.9 Å². The first kappa shape index (κ1) is 29.7. The first-order valence-electron chi connectivity index (χ1n) is 13.5. The molecule has 8 nitrogen and oxygen atoms in total. The maximum atomic E-state index is 15.4. The van der Waals surface area contributed by atoms with Gasteiger partial charge in [0.05, 0.1) is 29.4 Å². The van der Waals surface area contributed by atoms with Crippen LogP contribution in [0.25, 0.3) is 22.3 Å². The zero-order valence-corrected chi connectivity index (χ0v) is 23.1. The van der Waals surface area contributed by atoms with E-state index in [4.69, 9.17) is 4.74 Å². The first-order valence-corrected chi connectivity index (χ1v) is 13.5. The highest BCUT2D eigenvalue weighted by molar-refractivity contribution is 5.92. The van der Waals surface area contributed by atoms with Crippen molar-refractivity contribution in [3.8, 4) is 17.1 Å². The van der Waals surface area contributed by atoms with Gasteiger partial charge in [-0.3, -0.25) is 0 Å². The Morgan fingerprint density at radius 2 is 1.79 bits per heavy atom. The Labute approximate surface area is 244 Å². The highest BCUT2D eigenvalue weighted by Crippen LogP contribution is 2.28. The maximum Gasteiger partial charge on any atom is 0.335 e. The molecule has 11 heteroatoms. The minimum atomic E-state index is -1.32. The molecule has 0 spiro atoms. The first-order chi connectivity index (χ1) is 20.6. The van der Waals surface area contributed by atoms with Crippen molar-refractivity contribution in [1.82, 2.24) is 14.5 Å². The monoisotopic (exact) mass is 591 g/mol. The number of rotatable bonds is 11. The fraction of sp³-hybridized carbons (Fsp3) is 0.219. The largest absolute Gasteiger partial charge is 0.478 e. The summed E-state index contributed by atoms with van der Waals surface area (Å²) in [6.07, 6.45) is -0.933. The van der Waals surface area contributed by atoms with Crippen LogP contribution in [0.1, 0.15) is 39.3 Å². The van der Waals surface area contributed by atoms with Gasteiger partial charge in [0.1, 0.15) is 29.6 Å². The van der Waals surface area contributed by atoms with Gasteiger partial charge in [-0.1, -0.05) is 24.3 Å². The normalized spacial score (nSPS) is 12.0. The van der Waals surface area contributed by atoms with E-state index in [1.807, 2.05) is 0 Å². The lowest BCUT2D eigenvalue weighted by molar-refractivity contribution is 0.0696. The maximum absolute atomic E-state index is 15.4.